The van der Waals surface area contributed by atoms with Crippen molar-refractivity contribution in [2.24, 2.45) is 5.14 Å². The van der Waals surface area contributed by atoms with Crippen molar-refractivity contribution >= 4 is 47.8 Å². The molecule has 1 amide bonds. The van der Waals surface area contributed by atoms with E-state index in [0.717, 1.165) is 0 Å². The van der Waals surface area contributed by atoms with Crippen molar-refractivity contribution in [3.05, 3.63) is 21.1 Å². The SMILES string of the molecule is C#CCNC(=O)C(C)Oc1c(Br)cc(S(N)(=O)=O)cc1Br. The lowest BCUT2D eigenvalue weighted by atomic mass is 10.3. The second-order valence-electron chi connectivity index (χ2n) is 3.94. The summed E-state index contributed by atoms with van der Waals surface area (Å²) in [5.41, 5.74) is 0. The average molecular weight is 440 g/mol. The van der Waals surface area contributed by atoms with Crippen molar-refractivity contribution in [2.75, 3.05) is 6.54 Å². The van der Waals surface area contributed by atoms with Gasteiger partial charge in [-0.25, -0.2) is 13.6 Å². The fourth-order valence-electron chi connectivity index (χ4n) is 1.33. The fourth-order valence-corrected chi connectivity index (χ4v) is 3.57. The van der Waals surface area contributed by atoms with E-state index in [4.69, 9.17) is 16.3 Å². The molecule has 3 N–H and O–H groups in total. The van der Waals surface area contributed by atoms with Gasteiger partial charge in [0.2, 0.25) is 10.0 Å². The van der Waals surface area contributed by atoms with Crippen LogP contribution in [0.3, 0.4) is 0 Å². The van der Waals surface area contributed by atoms with Gasteiger partial charge in [0, 0.05) is 0 Å². The van der Waals surface area contributed by atoms with E-state index in [2.05, 4.69) is 43.1 Å². The second kappa shape index (κ2) is 7.26. The summed E-state index contributed by atoms with van der Waals surface area (Å²) in [6.45, 7) is 1.64. The van der Waals surface area contributed by atoms with Gasteiger partial charge in [0.05, 0.1) is 20.4 Å². The van der Waals surface area contributed by atoms with Crippen LogP contribution in [0.1, 0.15) is 6.92 Å². The van der Waals surface area contributed by atoms with E-state index in [9.17, 15) is 13.2 Å². The van der Waals surface area contributed by atoms with Crippen LogP contribution < -0.4 is 15.2 Å². The summed E-state index contributed by atoms with van der Waals surface area (Å²) in [5, 5.41) is 7.54. The Labute approximate surface area is 139 Å². The van der Waals surface area contributed by atoms with Crippen molar-refractivity contribution < 1.29 is 17.9 Å². The van der Waals surface area contributed by atoms with Crippen molar-refractivity contribution in [2.45, 2.75) is 17.9 Å². The molecule has 1 atom stereocenters. The molecule has 0 fully saturated rings. The monoisotopic (exact) mass is 438 g/mol. The van der Waals surface area contributed by atoms with Gasteiger partial charge in [0.25, 0.3) is 5.91 Å². The van der Waals surface area contributed by atoms with Crippen LogP contribution >= 0.6 is 31.9 Å². The van der Waals surface area contributed by atoms with Gasteiger partial charge in [-0.2, -0.15) is 0 Å². The molecule has 6 nitrogen and oxygen atoms in total. The van der Waals surface area contributed by atoms with Crippen molar-refractivity contribution in [1.82, 2.24) is 5.32 Å². The largest absolute Gasteiger partial charge is 0.479 e. The molecule has 1 unspecified atom stereocenters. The van der Waals surface area contributed by atoms with Crippen molar-refractivity contribution in [3.63, 3.8) is 0 Å². The fraction of sp³-hybridized carbons (Fsp3) is 0.250. The number of sulfonamides is 1. The van der Waals surface area contributed by atoms with E-state index in [1.807, 2.05) is 0 Å². The molecule has 0 spiro atoms. The van der Waals surface area contributed by atoms with E-state index in [1.165, 1.54) is 19.1 Å². The Hall–Kier alpha value is -1.08. The van der Waals surface area contributed by atoms with E-state index in [1.54, 1.807) is 0 Å². The molecule has 21 heavy (non-hydrogen) atoms. The molecule has 1 aromatic carbocycles. The Balaban J connectivity index is 3.00. The first-order valence-corrected chi connectivity index (χ1v) is 8.69. The van der Waals surface area contributed by atoms with Gasteiger partial charge in [-0.05, 0) is 50.9 Å². The van der Waals surface area contributed by atoms with Gasteiger partial charge < -0.3 is 10.1 Å². The first-order chi connectivity index (χ1) is 9.66. The minimum atomic E-state index is -3.84. The number of rotatable bonds is 5. The molecule has 0 aliphatic carbocycles. The van der Waals surface area contributed by atoms with Gasteiger partial charge in [-0.3, -0.25) is 4.79 Å². The predicted molar refractivity (Wildman–Crippen MR) is 85.1 cm³/mol. The van der Waals surface area contributed by atoms with Crippen LogP contribution in [0.4, 0.5) is 0 Å². The maximum Gasteiger partial charge on any atom is 0.261 e. The van der Waals surface area contributed by atoms with Gasteiger partial charge in [0.15, 0.2) is 6.10 Å². The molecule has 0 heterocycles. The molecule has 0 aliphatic rings. The number of hydrogen-bond acceptors (Lipinski definition) is 4. The third kappa shape index (κ3) is 5.00. The number of benzene rings is 1. The topological polar surface area (TPSA) is 98.5 Å². The summed E-state index contributed by atoms with van der Waals surface area (Å²) in [6, 6.07) is 2.59. The average Bonchev–Trinajstić information content (AvgIpc) is 2.38. The molecule has 114 valence electrons. The summed E-state index contributed by atoms with van der Waals surface area (Å²) in [6.07, 6.45) is 4.23. The highest BCUT2D eigenvalue weighted by Gasteiger charge is 2.20. The normalized spacial score (nSPS) is 12.3. The number of nitrogens with one attached hydrogen (secondary N) is 1. The van der Waals surface area contributed by atoms with Gasteiger partial charge in [-0.1, -0.05) is 5.92 Å². The number of amides is 1. The van der Waals surface area contributed by atoms with Gasteiger partial charge >= 0.3 is 0 Å². The third-order valence-corrected chi connectivity index (χ3v) is 4.40. The molecule has 0 radical (unpaired) electrons. The first kappa shape index (κ1) is 18.0. The molecule has 0 bridgehead atoms. The third-order valence-electron chi connectivity index (χ3n) is 2.33. The maximum absolute atomic E-state index is 11.7. The number of hydrogen-bond donors (Lipinski definition) is 2. The van der Waals surface area contributed by atoms with E-state index >= 15 is 0 Å². The highest BCUT2D eigenvalue weighted by atomic mass is 79.9. The summed E-state index contributed by atoms with van der Waals surface area (Å²) in [5.74, 6) is 2.17. The van der Waals surface area contributed by atoms with E-state index < -0.39 is 16.1 Å². The highest BCUT2D eigenvalue weighted by Crippen LogP contribution is 2.36. The zero-order chi connectivity index (χ0) is 16.2. The van der Waals surface area contributed by atoms with Crippen LogP contribution in [-0.2, 0) is 14.8 Å². The van der Waals surface area contributed by atoms with Gasteiger partial charge in [-0.15, -0.1) is 6.42 Å². The molecular weight excluding hydrogens is 428 g/mol. The van der Waals surface area contributed by atoms with E-state index in [0.29, 0.717) is 8.95 Å². The molecule has 0 saturated heterocycles. The Bertz CT molecular complexity index is 675. The lowest BCUT2D eigenvalue weighted by molar-refractivity contribution is -0.127. The molecule has 1 rings (SSSR count). The maximum atomic E-state index is 11.7. The number of ether oxygens (including phenoxy) is 1. The lowest BCUT2D eigenvalue weighted by Gasteiger charge is -2.17. The minimum Gasteiger partial charge on any atom is -0.479 e. The molecule has 1 aromatic rings. The van der Waals surface area contributed by atoms with Crippen LogP contribution in [0.5, 0.6) is 5.75 Å². The number of carbonyl (C=O) groups excluding carboxylic acids is 1. The standard InChI is InChI=1S/C12H12Br2N2O4S/c1-3-4-16-12(17)7(2)20-11-9(13)5-8(6-10(11)14)21(15,18)19/h1,5-7H,4H2,2H3,(H,16,17)(H2,15,18,19). The van der Waals surface area contributed by atoms with Crippen LogP contribution in [-0.4, -0.2) is 27.0 Å². The van der Waals surface area contributed by atoms with Crippen LogP contribution in [0, 0.1) is 12.3 Å². The van der Waals surface area contributed by atoms with Gasteiger partial charge in [0.1, 0.15) is 5.75 Å². The molecule has 9 heteroatoms. The van der Waals surface area contributed by atoms with Crippen LogP contribution in [0.25, 0.3) is 0 Å². The van der Waals surface area contributed by atoms with Crippen molar-refractivity contribution in [3.8, 4) is 18.1 Å². The van der Waals surface area contributed by atoms with Crippen LogP contribution in [0.15, 0.2) is 26.0 Å². The smallest absolute Gasteiger partial charge is 0.261 e. The zero-order valence-corrected chi connectivity index (χ0v) is 14.9. The Kier molecular flexibility index (Phi) is 6.22. The molecule has 0 saturated carbocycles. The number of carbonyl (C=O) groups is 1. The van der Waals surface area contributed by atoms with Crippen LogP contribution in [0.2, 0.25) is 0 Å². The Morgan fingerprint density at radius 2 is 2.00 bits per heavy atom. The second-order valence-corrected chi connectivity index (χ2v) is 7.21. The van der Waals surface area contributed by atoms with E-state index in [-0.39, 0.29) is 23.1 Å². The Morgan fingerprint density at radius 1 is 1.48 bits per heavy atom. The summed E-state index contributed by atoms with van der Waals surface area (Å²) < 4.78 is 28.8. The molecule has 0 aliphatic heterocycles. The Morgan fingerprint density at radius 3 is 2.43 bits per heavy atom. The number of halogens is 2. The number of nitrogens with two attached hydrogens (primary N) is 1. The molecule has 0 aromatic heterocycles. The predicted octanol–water partition coefficient (Wildman–Crippen LogP) is 1.38. The lowest BCUT2D eigenvalue weighted by Crippen LogP contribution is -2.36. The number of primary sulfonamides is 1. The summed E-state index contributed by atoms with van der Waals surface area (Å²) >= 11 is 6.36. The minimum absolute atomic E-state index is 0.0852. The highest BCUT2D eigenvalue weighted by molar-refractivity contribution is 9.11. The first-order valence-electron chi connectivity index (χ1n) is 5.56. The quantitative estimate of drug-likeness (QED) is 0.677. The van der Waals surface area contributed by atoms with Crippen molar-refractivity contribution in [1.29, 1.82) is 0 Å². The zero-order valence-electron chi connectivity index (χ0n) is 10.9. The molecular formula is C12H12Br2N2O4S. The summed E-state index contributed by atoms with van der Waals surface area (Å²) in [4.78, 5) is 11.6. The number of terminal acetylenes is 1. The summed E-state index contributed by atoms with van der Waals surface area (Å²) in [7, 11) is -3.84.